The number of allylic oxidation sites excluding steroid dienone is 4. The van der Waals surface area contributed by atoms with Gasteiger partial charge in [0.15, 0.2) is 6.10 Å². The average Bonchev–Trinajstić information content (AvgIpc) is 3.35. The maximum absolute atomic E-state index is 12.9. The lowest BCUT2D eigenvalue weighted by atomic mass is 10.0. The summed E-state index contributed by atoms with van der Waals surface area (Å²) in [5.74, 6) is -1.46. The number of carbonyl (C=O) groups excluding carboxylic acids is 3. The van der Waals surface area contributed by atoms with Gasteiger partial charge in [0, 0.05) is 19.3 Å². The summed E-state index contributed by atoms with van der Waals surface area (Å²) in [4.78, 5) is 48.5. The zero-order chi connectivity index (χ0) is 51.3. The Hall–Kier alpha value is -2.04. The molecule has 0 spiro atoms. The Labute approximate surface area is 429 Å². The highest BCUT2D eigenvalue weighted by Crippen LogP contribution is 2.43. The third-order valence-corrected chi connectivity index (χ3v) is 13.8. The zero-order valence-electron chi connectivity index (χ0n) is 45.5. The second-order valence-corrected chi connectivity index (χ2v) is 21.3. The monoisotopic (exact) mass is 1010 g/mol. The predicted octanol–water partition coefficient (Wildman–Crippen LogP) is 17.0. The molecule has 0 heterocycles. The molecule has 0 bridgehead atoms. The predicted molar refractivity (Wildman–Crippen MR) is 289 cm³/mol. The molecule has 0 fully saturated rings. The Kier molecular flexibility index (Phi) is 51.7. The number of phosphoric ester groups is 1. The van der Waals surface area contributed by atoms with Gasteiger partial charge in [0.2, 0.25) is 0 Å². The van der Waals surface area contributed by atoms with Crippen LogP contribution in [0.15, 0.2) is 24.3 Å². The van der Waals surface area contributed by atoms with Gasteiger partial charge in [-0.1, -0.05) is 244 Å². The van der Waals surface area contributed by atoms with Crippen molar-refractivity contribution >= 4 is 25.7 Å². The fourth-order valence-electron chi connectivity index (χ4n) is 8.39. The molecule has 0 saturated carbocycles. The highest BCUT2D eigenvalue weighted by molar-refractivity contribution is 7.47. The summed E-state index contributed by atoms with van der Waals surface area (Å²) in [5, 5.41) is 9.81. The van der Waals surface area contributed by atoms with Crippen molar-refractivity contribution in [3.63, 3.8) is 0 Å². The van der Waals surface area contributed by atoms with E-state index in [1.165, 1.54) is 148 Å². The molecule has 0 aromatic heterocycles. The fourth-order valence-corrected chi connectivity index (χ4v) is 9.17. The van der Waals surface area contributed by atoms with Gasteiger partial charge >= 0.3 is 25.7 Å². The van der Waals surface area contributed by atoms with E-state index < -0.39 is 57.8 Å². The molecule has 70 heavy (non-hydrogen) atoms. The van der Waals surface area contributed by atoms with Gasteiger partial charge in [0.25, 0.3) is 0 Å². The number of esters is 3. The molecular formula is C58H109O11P. The van der Waals surface area contributed by atoms with E-state index in [-0.39, 0.29) is 25.9 Å². The van der Waals surface area contributed by atoms with Crippen LogP contribution >= 0.6 is 7.82 Å². The minimum absolute atomic E-state index is 0.157. The van der Waals surface area contributed by atoms with Crippen molar-refractivity contribution in [3.05, 3.63) is 24.3 Å². The Morgan fingerprint density at radius 2 is 0.700 bits per heavy atom. The molecule has 0 aromatic rings. The van der Waals surface area contributed by atoms with Crippen LogP contribution in [-0.4, -0.2) is 66.5 Å². The van der Waals surface area contributed by atoms with E-state index in [0.717, 1.165) is 83.5 Å². The van der Waals surface area contributed by atoms with Crippen LogP contribution < -0.4 is 0 Å². The van der Waals surface area contributed by atoms with Gasteiger partial charge < -0.3 is 24.2 Å². The number of ether oxygens (including phenoxy) is 3. The largest absolute Gasteiger partial charge is 0.472 e. The SMILES string of the molecule is CCCCC/C=C\C/C=C\CCCCCCCC(=O)OC(COC(=O)CCCCCCCCCCCCCCC)COP(=O)(O)OCC(CO)OC(=O)CCCCCCCCCCCCCCCCC. The second kappa shape index (κ2) is 53.3. The van der Waals surface area contributed by atoms with Crippen molar-refractivity contribution in [2.24, 2.45) is 0 Å². The van der Waals surface area contributed by atoms with Crippen molar-refractivity contribution in [1.82, 2.24) is 0 Å². The normalized spacial score (nSPS) is 13.5. The summed E-state index contributed by atoms with van der Waals surface area (Å²) in [7, 11) is -4.74. The Morgan fingerprint density at radius 1 is 0.400 bits per heavy atom. The summed E-state index contributed by atoms with van der Waals surface area (Å²) < 4.78 is 39.5. The molecule has 0 radical (unpaired) electrons. The molecule has 0 aliphatic carbocycles. The lowest BCUT2D eigenvalue weighted by molar-refractivity contribution is -0.161. The Balaban J connectivity index is 4.68. The van der Waals surface area contributed by atoms with Crippen LogP contribution in [-0.2, 0) is 42.2 Å². The van der Waals surface area contributed by atoms with E-state index in [4.69, 9.17) is 23.3 Å². The molecule has 3 atom stereocenters. The lowest BCUT2D eigenvalue weighted by Crippen LogP contribution is -2.30. The van der Waals surface area contributed by atoms with Crippen LogP contribution in [0.2, 0.25) is 0 Å². The van der Waals surface area contributed by atoms with Gasteiger partial charge in [0.1, 0.15) is 12.7 Å². The third kappa shape index (κ3) is 50.9. The summed E-state index contributed by atoms with van der Waals surface area (Å²) >= 11 is 0. The number of phosphoric acid groups is 1. The molecule has 3 unspecified atom stereocenters. The van der Waals surface area contributed by atoms with E-state index in [2.05, 4.69) is 45.1 Å². The van der Waals surface area contributed by atoms with Crippen molar-refractivity contribution in [1.29, 1.82) is 0 Å². The van der Waals surface area contributed by atoms with E-state index in [1.807, 2.05) is 0 Å². The molecule has 412 valence electrons. The average molecular weight is 1010 g/mol. The van der Waals surface area contributed by atoms with Crippen molar-refractivity contribution < 1.29 is 52.2 Å². The topological polar surface area (TPSA) is 155 Å². The molecule has 0 amide bonds. The molecular weight excluding hydrogens is 904 g/mol. The maximum Gasteiger partial charge on any atom is 0.472 e. The number of carbonyl (C=O) groups is 3. The summed E-state index contributed by atoms with van der Waals surface area (Å²) in [6, 6.07) is 0. The van der Waals surface area contributed by atoms with Crippen LogP contribution in [0.25, 0.3) is 0 Å². The maximum atomic E-state index is 12.9. The Morgan fingerprint density at radius 3 is 1.09 bits per heavy atom. The molecule has 0 aliphatic rings. The van der Waals surface area contributed by atoms with E-state index in [1.54, 1.807) is 0 Å². The number of unbranched alkanes of at least 4 members (excludes halogenated alkanes) is 34. The minimum Gasteiger partial charge on any atom is -0.462 e. The van der Waals surface area contributed by atoms with Gasteiger partial charge in [-0.25, -0.2) is 4.57 Å². The smallest absolute Gasteiger partial charge is 0.462 e. The van der Waals surface area contributed by atoms with Gasteiger partial charge in [-0.3, -0.25) is 23.4 Å². The third-order valence-electron chi connectivity index (χ3n) is 12.9. The van der Waals surface area contributed by atoms with Crippen LogP contribution in [0.4, 0.5) is 0 Å². The first-order chi connectivity index (χ1) is 34.2. The first kappa shape index (κ1) is 68.0. The van der Waals surface area contributed by atoms with Crippen LogP contribution in [0.1, 0.15) is 290 Å². The van der Waals surface area contributed by atoms with Crippen LogP contribution in [0.5, 0.6) is 0 Å². The highest BCUT2D eigenvalue weighted by atomic mass is 31.2. The molecule has 12 heteroatoms. The molecule has 11 nitrogen and oxygen atoms in total. The lowest BCUT2D eigenvalue weighted by Gasteiger charge is -2.21. The first-order valence-electron chi connectivity index (χ1n) is 29.2. The van der Waals surface area contributed by atoms with Crippen molar-refractivity contribution in [2.45, 2.75) is 303 Å². The molecule has 0 aromatic carbocycles. The number of aliphatic hydroxyl groups excluding tert-OH is 1. The summed E-state index contributed by atoms with van der Waals surface area (Å²) in [5.41, 5.74) is 0. The first-order valence-corrected chi connectivity index (χ1v) is 30.7. The number of hydrogen-bond acceptors (Lipinski definition) is 10. The van der Waals surface area contributed by atoms with Crippen LogP contribution in [0.3, 0.4) is 0 Å². The zero-order valence-corrected chi connectivity index (χ0v) is 46.4. The summed E-state index contributed by atoms with van der Waals surface area (Å²) in [6.45, 7) is 4.65. The second-order valence-electron chi connectivity index (χ2n) is 19.8. The Bertz CT molecular complexity index is 1270. The number of aliphatic hydroxyl groups is 1. The molecule has 0 aliphatic heterocycles. The van der Waals surface area contributed by atoms with Gasteiger partial charge in [0.05, 0.1) is 19.8 Å². The standard InChI is InChI=1S/C58H109O11P/c1-4-7-10-13-16-19-22-25-27-30-33-36-39-42-45-48-57(61)68-54(50-59)52-66-70(63,64)67-53-55(51-65-56(60)47-44-41-38-35-32-29-24-21-18-15-12-9-6-3)69-58(62)49-46-43-40-37-34-31-28-26-23-20-17-14-11-8-5-2/h17,20,26,28,54-55,59H,4-16,18-19,21-25,27,29-53H2,1-3H3,(H,63,64)/b20-17-,28-26-. The molecule has 0 rings (SSSR count). The highest BCUT2D eigenvalue weighted by Gasteiger charge is 2.28. The van der Waals surface area contributed by atoms with Gasteiger partial charge in [-0.2, -0.15) is 0 Å². The van der Waals surface area contributed by atoms with E-state index in [0.29, 0.717) is 19.3 Å². The van der Waals surface area contributed by atoms with Gasteiger partial charge in [-0.05, 0) is 51.4 Å². The molecule has 2 N–H and O–H groups in total. The number of rotatable bonds is 55. The quantitative estimate of drug-likeness (QED) is 0.0197. The van der Waals surface area contributed by atoms with Crippen molar-refractivity contribution in [3.8, 4) is 0 Å². The van der Waals surface area contributed by atoms with Crippen molar-refractivity contribution in [2.75, 3.05) is 26.4 Å². The van der Waals surface area contributed by atoms with E-state index in [9.17, 15) is 28.9 Å². The van der Waals surface area contributed by atoms with Crippen LogP contribution in [0, 0.1) is 0 Å². The van der Waals surface area contributed by atoms with Gasteiger partial charge in [-0.15, -0.1) is 0 Å². The van der Waals surface area contributed by atoms with E-state index >= 15 is 0 Å². The minimum atomic E-state index is -4.74. The molecule has 0 saturated heterocycles. The summed E-state index contributed by atoms with van der Waals surface area (Å²) in [6.07, 6.45) is 52.7. The fraction of sp³-hybridized carbons (Fsp3) is 0.879. The number of hydrogen-bond donors (Lipinski definition) is 2.